The van der Waals surface area contributed by atoms with Crippen LogP contribution >= 0.6 is 0 Å². The number of carboxylic acid groups (broad SMARTS) is 1. The largest absolute Gasteiger partial charge is 0.465 e. The number of urea groups is 1. The molecule has 0 aromatic rings. The molecule has 0 saturated carbocycles. The molecule has 3 rings (SSSR count). The van der Waals surface area contributed by atoms with Gasteiger partial charge in [-0.1, -0.05) is 0 Å². The van der Waals surface area contributed by atoms with E-state index >= 15 is 0 Å². The van der Waals surface area contributed by atoms with Gasteiger partial charge >= 0.3 is 12.1 Å². The molecule has 0 aliphatic carbocycles. The molecule has 0 aromatic carbocycles. The summed E-state index contributed by atoms with van der Waals surface area (Å²) in [6.07, 6.45) is 0.132. The molecule has 4 amide bonds. The van der Waals surface area contributed by atoms with Gasteiger partial charge in [-0.05, 0) is 12.8 Å². The average Bonchev–Trinajstić information content (AvgIpc) is 2.72. The Labute approximate surface area is 126 Å². The molecule has 122 valence electrons. The fourth-order valence-corrected chi connectivity index (χ4v) is 3.16. The summed E-state index contributed by atoms with van der Waals surface area (Å²) in [6, 6.07) is -1.34. The van der Waals surface area contributed by atoms with E-state index in [1.807, 2.05) is 0 Å². The van der Waals surface area contributed by atoms with Crippen LogP contribution in [0, 0.1) is 0 Å². The molecule has 2 atom stereocenters. The van der Waals surface area contributed by atoms with Gasteiger partial charge in [0, 0.05) is 32.7 Å². The van der Waals surface area contributed by atoms with Crippen LogP contribution in [0.5, 0.6) is 0 Å². The standard InChI is InChI=1S/C12H19N5O5/c18-10(13-15-5-3-14(4-6-15)12(20)21)9-2-1-8-7-16(9)11(19)17(8)22/h8-9,22H,1-7H2,(H,13,18)(H,20,21)/t8-,9+/m1/s1. The van der Waals surface area contributed by atoms with E-state index in [9.17, 15) is 19.6 Å². The van der Waals surface area contributed by atoms with E-state index in [1.165, 1.54) is 9.80 Å². The number of piperidine rings is 1. The average molecular weight is 313 g/mol. The van der Waals surface area contributed by atoms with Crippen LogP contribution < -0.4 is 5.43 Å². The maximum absolute atomic E-state index is 12.3. The highest BCUT2D eigenvalue weighted by molar-refractivity contribution is 5.88. The molecule has 10 nitrogen and oxygen atoms in total. The Balaban J connectivity index is 1.55. The Kier molecular flexibility index (Phi) is 3.79. The van der Waals surface area contributed by atoms with Crippen molar-refractivity contribution in [1.29, 1.82) is 0 Å². The molecular weight excluding hydrogens is 294 g/mol. The third-order valence-electron chi connectivity index (χ3n) is 4.47. The first-order valence-electron chi connectivity index (χ1n) is 7.29. The number of hydrogen-bond donors (Lipinski definition) is 3. The lowest BCUT2D eigenvalue weighted by atomic mass is 10.0. The molecule has 0 radical (unpaired) electrons. The summed E-state index contributed by atoms with van der Waals surface area (Å²) in [4.78, 5) is 37.7. The summed E-state index contributed by atoms with van der Waals surface area (Å²) in [6.45, 7) is 1.84. The lowest BCUT2D eigenvalue weighted by molar-refractivity contribution is -0.131. The first-order valence-corrected chi connectivity index (χ1v) is 7.29. The highest BCUT2D eigenvalue weighted by Crippen LogP contribution is 2.28. The molecule has 3 aliphatic rings. The summed E-state index contributed by atoms with van der Waals surface area (Å²) in [5, 5.41) is 20.9. The van der Waals surface area contributed by atoms with Crippen LogP contribution in [0.15, 0.2) is 0 Å². The molecule has 3 aliphatic heterocycles. The molecule has 3 N–H and O–H groups in total. The summed E-state index contributed by atoms with van der Waals surface area (Å²) in [5.41, 5.74) is 2.75. The van der Waals surface area contributed by atoms with Crippen molar-refractivity contribution < 1.29 is 24.7 Å². The van der Waals surface area contributed by atoms with E-state index in [0.29, 0.717) is 50.6 Å². The third-order valence-corrected chi connectivity index (χ3v) is 4.47. The zero-order valence-electron chi connectivity index (χ0n) is 12.0. The summed E-state index contributed by atoms with van der Waals surface area (Å²) < 4.78 is 0. The number of carbonyl (C=O) groups excluding carboxylic acids is 2. The van der Waals surface area contributed by atoms with E-state index in [4.69, 9.17) is 5.11 Å². The quantitative estimate of drug-likeness (QED) is 0.561. The maximum atomic E-state index is 12.3. The second kappa shape index (κ2) is 5.61. The van der Waals surface area contributed by atoms with Crippen LogP contribution in [0.25, 0.3) is 0 Å². The van der Waals surface area contributed by atoms with Crippen LogP contribution in [0.3, 0.4) is 0 Å². The van der Waals surface area contributed by atoms with Gasteiger partial charge in [0.25, 0.3) is 5.91 Å². The number of nitrogens with zero attached hydrogens (tertiary/aromatic N) is 4. The van der Waals surface area contributed by atoms with Crippen LogP contribution in [0.1, 0.15) is 12.8 Å². The van der Waals surface area contributed by atoms with E-state index in [1.54, 1.807) is 5.01 Å². The Morgan fingerprint density at radius 2 is 1.82 bits per heavy atom. The van der Waals surface area contributed by atoms with Gasteiger partial charge in [-0.15, -0.1) is 0 Å². The topological polar surface area (TPSA) is 117 Å². The van der Waals surface area contributed by atoms with E-state index in [-0.39, 0.29) is 11.9 Å². The van der Waals surface area contributed by atoms with Gasteiger partial charge in [-0.2, -0.15) is 0 Å². The molecule has 0 aromatic heterocycles. The zero-order valence-corrected chi connectivity index (χ0v) is 12.0. The lowest BCUT2D eigenvalue weighted by Gasteiger charge is -2.35. The number of carbonyl (C=O) groups is 3. The van der Waals surface area contributed by atoms with Crippen molar-refractivity contribution in [2.45, 2.75) is 24.9 Å². The first kappa shape index (κ1) is 14.9. The van der Waals surface area contributed by atoms with Gasteiger partial charge < -0.3 is 14.9 Å². The molecule has 22 heavy (non-hydrogen) atoms. The zero-order chi connectivity index (χ0) is 15.9. The van der Waals surface area contributed by atoms with Crippen LogP contribution in [0.2, 0.25) is 0 Å². The number of rotatable bonds is 2. The van der Waals surface area contributed by atoms with Gasteiger partial charge in [0.1, 0.15) is 6.04 Å². The van der Waals surface area contributed by atoms with Crippen molar-refractivity contribution in [3.05, 3.63) is 0 Å². The van der Waals surface area contributed by atoms with Gasteiger partial charge in [-0.3, -0.25) is 15.4 Å². The Morgan fingerprint density at radius 3 is 2.45 bits per heavy atom. The van der Waals surface area contributed by atoms with Gasteiger partial charge in [0.05, 0.1) is 6.04 Å². The Hall–Kier alpha value is -2.07. The number of hydroxylamine groups is 2. The summed E-state index contributed by atoms with van der Waals surface area (Å²) in [7, 11) is 0. The van der Waals surface area contributed by atoms with Gasteiger partial charge in [0.2, 0.25) is 0 Å². The first-order chi connectivity index (χ1) is 10.5. The lowest BCUT2D eigenvalue weighted by Crippen LogP contribution is -2.58. The van der Waals surface area contributed by atoms with Crippen molar-refractivity contribution in [1.82, 2.24) is 25.3 Å². The van der Waals surface area contributed by atoms with Crippen molar-refractivity contribution in [3.8, 4) is 0 Å². The number of piperazine rings is 1. The van der Waals surface area contributed by atoms with Crippen molar-refractivity contribution in [2.75, 3.05) is 32.7 Å². The Bertz CT molecular complexity index is 492. The SMILES string of the molecule is O=C(NN1CCN(C(=O)O)CC1)[C@@H]1CC[C@@H]2CN1C(=O)N2O. The molecule has 2 bridgehead atoms. The fourth-order valence-electron chi connectivity index (χ4n) is 3.16. The predicted octanol–water partition coefficient (Wildman–Crippen LogP) is -1.03. The predicted molar refractivity (Wildman–Crippen MR) is 71.9 cm³/mol. The minimum Gasteiger partial charge on any atom is -0.465 e. The molecule has 3 saturated heterocycles. The van der Waals surface area contributed by atoms with Crippen LogP contribution in [-0.2, 0) is 4.79 Å². The normalized spacial score (nSPS) is 29.0. The molecule has 3 heterocycles. The molecule has 3 fully saturated rings. The fraction of sp³-hybridized carbons (Fsp3) is 0.750. The number of amides is 4. The Morgan fingerprint density at radius 1 is 1.14 bits per heavy atom. The number of nitrogens with one attached hydrogen (secondary N) is 1. The van der Waals surface area contributed by atoms with E-state index in [0.717, 1.165) is 0 Å². The molecule has 10 heteroatoms. The second-order valence-corrected chi connectivity index (χ2v) is 5.76. The van der Waals surface area contributed by atoms with Crippen molar-refractivity contribution in [3.63, 3.8) is 0 Å². The van der Waals surface area contributed by atoms with Gasteiger partial charge in [0.15, 0.2) is 0 Å². The number of hydrogen-bond acceptors (Lipinski definition) is 5. The minimum absolute atomic E-state index is 0.226. The minimum atomic E-state index is -0.963. The van der Waals surface area contributed by atoms with Crippen LogP contribution in [0.4, 0.5) is 9.59 Å². The monoisotopic (exact) mass is 313 g/mol. The summed E-state index contributed by atoms with van der Waals surface area (Å²) >= 11 is 0. The second-order valence-electron chi connectivity index (χ2n) is 5.76. The van der Waals surface area contributed by atoms with Gasteiger partial charge in [-0.25, -0.2) is 19.7 Å². The highest BCUT2D eigenvalue weighted by atomic mass is 16.5. The van der Waals surface area contributed by atoms with E-state index < -0.39 is 18.2 Å². The summed E-state index contributed by atoms with van der Waals surface area (Å²) in [5.74, 6) is -0.286. The number of fused-ring (bicyclic) bond motifs is 2. The highest BCUT2D eigenvalue weighted by Gasteiger charge is 2.47. The van der Waals surface area contributed by atoms with Crippen molar-refractivity contribution >= 4 is 18.0 Å². The smallest absolute Gasteiger partial charge is 0.407 e. The van der Waals surface area contributed by atoms with E-state index in [2.05, 4.69) is 5.43 Å². The maximum Gasteiger partial charge on any atom is 0.407 e. The van der Waals surface area contributed by atoms with Crippen molar-refractivity contribution in [2.24, 2.45) is 0 Å². The molecular formula is C12H19N5O5. The number of hydrazine groups is 1. The van der Waals surface area contributed by atoms with Crippen LogP contribution in [-0.4, -0.2) is 93.0 Å². The molecule has 0 unspecified atom stereocenters. The third kappa shape index (κ3) is 2.55. The molecule has 0 spiro atoms.